The fraction of sp³-hybridized carbons (Fsp3) is 0.400. The van der Waals surface area contributed by atoms with Gasteiger partial charge < -0.3 is 9.64 Å². The number of aromatic nitrogens is 1. The summed E-state index contributed by atoms with van der Waals surface area (Å²) in [4.78, 5) is 18.5. The van der Waals surface area contributed by atoms with Crippen LogP contribution in [0.2, 0.25) is 0 Å². The van der Waals surface area contributed by atoms with E-state index in [0.717, 1.165) is 16.7 Å². The number of hydrogen-bond donors (Lipinski definition) is 0. The minimum absolute atomic E-state index is 0.110. The number of benzene rings is 1. The molecule has 1 saturated heterocycles. The molecule has 3 rings (SSSR count). The van der Waals surface area contributed by atoms with Gasteiger partial charge in [0.1, 0.15) is 11.1 Å². The van der Waals surface area contributed by atoms with E-state index in [-0.39, 0.29) is 17.0 Å². The van der Waals surface area contributed by atoms with Gasteiger partial charge in [-0.15, -0.1) is 11.8 Å². The number of alkyl halides is 2. The number of carbonyl (C=O) groups is 1. The Bertz CT molecular complexity index is 829. The molecular weight excluding hydrogens is 370 g/mol. The van der Waals surface area contributed by atoms with Crippen LogP contribution in [0.25, 0.3) is 11.1 Å². The number of nitrogens with zero attached hydrogens (tertiary/aromatic N) is 2. The van der Waals surface area contributed by atoms with Gasteiger partial charge in [0.2, 0.25) is 5.91 Å². The first-order valence-corrected chi connectivity index (χ1v) is 9.82. The number of ether oxygens (including phenoxy) is 1. The SMILES string of the molecule is Cc1ccc(-c2ccncc2C2SCC(=O)N2CC(C)C)cc1OC(F)F. The van der Waals surface area contributed by atoms with Gasteiger partial charge >= 0.3 is 6.61 Å². The fourth-order valence-corrected chi connectivity index (χ4v) is 4.38. The van der Waals surface area contributed by atoms with Crippen LogP contribution in [0.15, 0.2) is 36.7 Å². The lowest BCUT2D eigenvalue weighted by Gasteiger charge is -2.27. The summed E-state index contributed by atoms with van der Waals surface area (Å²) in [6.07, 6.45) is 3.42. The molecule has 1 aromatic carbocycles. The van der Waals surface area contributed by atoms with E-state index in [1.54, 1.807) is 43.2 Å². The van der Waals surface area contributed by atoms with Gasteiger partial charge in [0.15, 0.2) is 0 Å². The van der Waals surface area contributed by atoms with Crippen molar-refractivity contribution in [2.24, 2.45) is 5.92 Å². The molecular formula is C20H22F2N2O2S. The molecule has 2 heterocycles. The molecule has 144 valence electrons. The average Bonchev–Trinajstić information content (AvgIpc) is 2.96. The van der Waals surface area contributed by atoms with E-state index < -0.39 is 6.61 Å². The Morgan fingerprint density at radius 2 is 2.11 bits per heavy atom. The molecule has 0 N–H and O–H groups in total. The topological polar surface area (TPSA) is 42.4 Å². The van der Waals surface area contributed by atoms with Crippen molar-refractivity contribution in [2.75, 3.05) is 12.3 Å². The molecule has 1 atom stereocenters. The molecule has 0 saturated carbocycles. The number of thioether (sulfide) groups is 1. The van der Waals surface area contributed by atoms with E-state index in [0.29, 0.717) is 23.8 Å². The Morgan fingerprint density at radius 1 is 1.33 bits per heavy atom. The van der Waals surface area contributed by atoms with Crippen LogP contribution in [0.1, 0.15) is 30.3 Å². The van der Waals surface area contributed by atoms with Crippen LogP contribution in [-0.4, -0.2) is 34.7 Å². The standard InChI is InChI=1S/C20H22F2N2O2S/c1-12(2)10-24-18(25)11-27-19(24)16-9-23-7-6-15(16)14-5-4-13(3)17(8-14)26-20(21)22/h4-9,12,19-20H,10-11H2,1-3H3. The number of pyridine rings is 1. The highest BCUT2D eigenvalue weighted by Gasteiger charge is 2.34. The summed E-state index contributed by atoms with van der Waals surface area (Å²) in [6, 6.07) is 7.11. The second kappa shape index (κ2) is 8.25. The molecule has 1 fully saturated rings. The summed E-state index contributed by atoms with van der Waals surface area (Å²) in [5, 5.41) is -0.135. The normalized spacial score (nSPS) is 17.2. The van der Waals surface area contributed by atoms with Crippen molar-refractivity contribution in [2.45, 2.75) is 32.8 Å². The first-order valence-electron chi connectivity index (χ1n) is 8.77. The minimum atomic E-state index is -2.87. The lowest BCUT2D eigenvalue weighted by atomic mass is 9.99. The molecule has 2 aromatic rings. The molecule has 0 radical (unpaired) electrons. The maximum Gasteiger partial charge on any atom is 0.387 e. The van der Waals surface area contributed by atoms with E-state index in [1.165, 1.54) is 0 Å². The predicted molar refractivity (Wildman–Crippen MR) is 103 cm³/mol. The number of aryl methyl sites for hydroxylation is 1. The third-order valence-electron chi connectivity index (χ3n) is 4.36. The van der Waals surface area contributed by atoms with E-state index in [2.05, 4.69) is 23.6 Å². The van der Waals surface area contributed by atoms with Crippen LogP contribution >= 0.6 is 11.8 Å². The number of hydrogen-bond acceptors (Lipinski definition) is 4. The Labute approximate surface area is 161 Å². The van der Waals surface area contributed by atoms with Gasteiger partial charge in [0.25, 0.3) is 0 Å². The van der Waals surface area contributed by atoms with Gasteiger partial charge in [-0.2, -0.15) is 8.78 Å². The highest BCUT2D eigenvalue weighted by atomic mass is 32.2. The molecule has 7 heteroatoms. The molecule has 1 unspecified atom stereocenters. The lowest BCUT2D eigenvalue weighted by Crippen LogP contribution is -2.31. The van der Waals surface area contributed by atoms with Crippen LogP contribution in [0.5, 0.6) is 5.75 Å². The van der Waals surface area contributed by atoms with Crippen molar-refractivity contribution < 1.29 is 18.3 Å². The second-order valence-electron chi connectivity index (χ2n) is 6.93. The Balaban J connectivity index is 2.01. The molecule has 0 aliphatic carbocycles. The van der Waals surface area contributed by atoms with E-state index in [1.807, 2.05) is 17.0 Å². The quantitative estimate of drug-likeness (QED) is 0.702. The number of rotatable bonds is 6. The molecule has 1 aromatic heterocycles. The van der Waals surface area contributed by atoms with Crippen molar-refractivity contribution in [3.8, 4) is 16.9 Å². The van der Waals surface area contributed by atoms with Crippen LogP contribution < -0.4 is 4.74 Å². The third-order valence-corrected chi connectivity index (χ3v) is 5.60. The summed E-state index contributed by atoms with van der Waals surface area (Å²) in [7, 11) is 0. The number of halogens is 2. The molecule has 27 heavy (non-hydrogen) atoms. The molecule has 1 aliphatic heterocycles. The Hall–Kier alpha value is -2.15. The summed E-state index contributed by atoms with van der Waals surface area (Å²) in [5.41, 5.74) is 3.17. The first kappa shape index (κ1) is 19.6. The molecule has 1 amide bonds. The second-order valence-corrected chi connectivity index (χ2v) is 7.99. The molecule has 0 spiro atoms. The number of amides is 1. The zero-order valence-electron chi connectivity index (χ0n) is 15.5. The van der Waals surface area contributed by atoms with Crippen molar-refractivity contribution in [3.63, 3.8) is 0 Å². The Kier molecular flexibility index (Phi) is 5.99. The minimum Gasteiger partial charge on any atom is -0.435 e. The van der Waals surface area contributed by atoms with Crippen molar-refractivity contribution in [1.29, 1.82) is 0 Å². The van der Waals surface area contributed by atoms with Crippen molar-refractivity contribution in [3.05, 3.63) is 47.8 Å². The van der Waals surface area contributed by atoms with Crippen LogP contribution in [0.3, 0.4) is 0 Å². The van der Waals surface area contributed by atoms with Crippen molar-refractivity contribution >= 4 is 17.7 Å². The van der Waals surface area contributed by atoms with Gasteiger partial charge in [-0.1, -0.05) is 26.0 Å². The monoisotopic (exact) mass is 392 g/mol. The fourth-order valence-electron chi connectivity index (χ4n) is 3.16. The largest absolute Gasteiger partial charge is 0.435 e. The predicted octanol–water partition coefficient (Wildman–Crippen LogP) is 4.89. The van der Waals surface area contributed by atoms with Crippen molar-refractivity contribution in [1.82, 2.24) is 9.88 Å². The van der Waals surface area contributed by atoms with Gasteiger partial charge in [-0.05, 0) is 41.7 Å². The zero-order valence-corrected chi connectivity index (χ0v) is 16.3. The third kappa shape index (κ3) is 4.40. The van der Waals surface area contributed by atoms with E-state index in [4.69, 9.17) is 0 Å². The smallest absolute Gasteiger partial charge is 0.387 e. The highest BCUT2D eigenvalue weighted by Crippen LogP contribution is 2.43. The average molecular weight is 392 g/mol. The zero-order chi connectivity index (χ0) is 19.6. The van der Waals surface area contributed by atoms with Gasteiger partial charge in [0.05, 0.1) is 5.75 Å². The molecule has 1 aliphatic rings. The van der Waals surface area contributed by atoms with Crippen LogP contribution in [-0.2, 0) is 4.79 Å². The van der Waals surface area contributed by atoms with E-state index >= 15 is 0 Å². The summed E-state index contributed by atoms with van der Waals surface area (Å²) in [5.74, 6) is 1.04. The summed E-state index contributed by atoms with van der Waals surface area (Å²) < 4.78 is 30.0. The number of carbonyl (C=O) groups excluding carboxylic acids is 1. The first-order chi connectivity index (χ1) is 12.9. The molecule has 4 nitrogen and oxygen atoms in total. The van der Waals surface area contributed by atoms with Gasteiger partial charge in [0, 0.05) is 24.5 Å². The van der Waals surface area contributed by atoms with Gasteiger partial charge in [-0.25, -0.2) is 0 Å². The van der Waals surface area contributed by atoms with Crippen LogP contribution in [0, 0.1) is 12.8 Å². The summed E-state index contributed by atoms with van der Waals surface area (Å²) >= 11 is 1.57. The summed E-state index contributed by atoms with van der Waals surface area (Å²) in [6.45, 7) is 3.67. The molecule has 0 bridgehead atoms. The highest BCUT2D eigenvalue weighted by molar-refractivity contribution is 8.00. The van der Waals surface area contributed by atoms with E-state index in [9.17, 15) is 13.6 Å². The lowest BCUT2D eigenvalue weighted by molar-refractivity contribution is -0.128. The maximum absolute atomic E-state index is 12.7. The van der Waals surface area contributed by atoms with Gasteiger partial charge in [-0.3, -0.25) is 9.78 Å². The Morgan fingerprint density at radius 3 is 2.81 bits per heavy atom. The van der Waals surface area contributed by atoms with Crippen LogP contribution in [0.4, 0.5) is 8.78 Å². The maximum atomic E-state index is 12.7.